The first-order valence-electron chi connectivity index (χ1n) is 7.19. The molecular weight excluding hydrogens is 208 g/mol. The molecular formula is C16H26O. The maximum atomic E-state index is 5.49. The van der Waals surface area contributed by atoms with Crippen LogP contribution in [0.2, 0.25) is 0 Å². The minimum Gasteiger partial charge on any atom is -0.384 e. The molecule has 1 spiro atoms. The van der Waals surface area contributed by atoms with Crippen LogP contribution in [0.3, 0.4) is 0 Å². The van der Waals surface area contributed by atoms with E-state index in [1.165, 1.54) is 37.7 Å². The average Bonchev–Trinajstić information content (AvgIpc) is 2.70. The molecule has 0 heterocycles. The Morgan fingerprint density at radius 3 is 2.82 bits per heavy atom. The van der Waals surface area contributed by atoms with E-state index in [0.717, 1.165) is 24.4 Å². The van der Waals surface area contributed by atoms with E-state index in [1.54, 1.807) is 0 Å². The highest BCUT2D eigenvalue weighted by Crippen LogP contribution is 2.72. The largest absolute Gasteiger partial charge is 0.384 e. The molecule has 0 aromatic rings. The number of fused-ring (bicyclic) bond motifs is 1. The molecule has 3 rings (SSSR count). The van der Waals surface area contributed by atoms with Gasteiger partial charge < -0.3 is 4.74 Å². The number of hydrogen-bond acceptors (Lipinski definition) is 1. The van der Waals surface area contributed by atoms with Crippen molar-refractivity contribution >= 4 is 0 Å². The Labute approximate surface area is 106 Å². The molecule has 3 fully saturated rings. The second-order valence-corrected chi connectivity index (χ2v) is 7.25. The fraction of sp³-hybridized carbons (Fsp3) is 0.875. The third-order valence-electron chi connectivity index (χ3n) is 6.46. The highest BCUT2D eigenvalue weighted by Gasteiger charge is 2.64. The van der Waals surface area contributed by atoms with Crippen molar-refractivity contribution in [1.29, 1.82) is 0 Å². The molecule has 17 heavy (non-hydrogen) atoms. The summed E-state index contributed by atoms with van der Waals surface area (Å²) < 4.78 is 5.49. The zero-order chi connectivity index (χ0) is 12.3. The van der Waals surface area contributed by atoms with Crippen LogP contribution < -0.4 is 0 Å². The number of methoxy groups -OCH3 is 1. The van der Waals surface area contributed by atoms with Crippen LogP contribution in [0.15, 0.2) is 12.2 Å². The summed E-state index contributed by atoms with van der Waals surface area (Å²) >= 11 is 0. The maximum Gasteiger partial charge on any atom is 0.0495 e. The molecule has 3 aliphatic rings. The molecule has 0 amide bonds. The Balaban J connectivity index is 1.98. The molecule has 0 radical (unpaired) electrons. The lowest BCUT2D eigenvalue weighted by Crippen LogP contribution is -2.33. The van der Waals surface area contributed by atoms with E-state index in [4.69, 9.17) is 4.74 Å². The van der Waals surface area contributed by atoms with Gasteiger partial charge in [-0.25, -0.2) is 0 Å². The van der Waals surface area contributed by atoms with Gasteiger partial charge >= 0.3 is 0 Å². The Bertz CT molecular complexity index is 343. The summed E-state index contributed by atoms with van der Waals surface area (Å²) in [7, 11) is 1.86. The minimum absolute atomic E-state index is 0.482. The van der Waals surface area contributed by atoms with Crippen LogP contribution in [-0.2, 0) is 4.74 Å². The second kappa shape index (κ2) is 3.60. The summed E-state index contributed by atoms with van der Waals surface area (Å²) in [5, 5.41) is 0. The van der Waals surface area contributed by atoms with E-state index < -0.39 is 0 Å². The summed E-state index contributed by atoms with van der Waals surface area (Å²) in [5.41, 5.74) is 2.62. The number of hydrogen-bond donors (Lipinski definition) is 0. The molecule has 3 saturated carbocycles. The predicted molar refractivity (Wildman–Crippen MR) is 70.8 cm³/mol. The van der Waals surface area contributed by atoms with Gasteiger partial charge in [-0.05, 0) is 60.7 Å². The van der Waals surface area contributed by atoms with Gasteiger partial charge in [0.2, 0.25) is 0 Å². The molecule has 1 heteroatoms. The fourth-order valence-corrected chi connectivity index (χ4v) is 5.70. The standard InChI is InChI=1S/C16H26O/c1-11-7-8-16-9-13(11)15(2,3)14(16)6-5-12(16)10-17-4/h12-14H,1,5-10H2,2-4H3/t12-,13+,14-,16+/m1/s1. The average molecular weight is 234 g/mol. The van der Waals surface area contributed by atoms with Gasteiger partial charge in [0, 0.05) is 13.7 Å². The molecule has 0 aromatic heterocycles. The van der Waals surface area contributed by atoms with E-state index in [9.17, 15) is 0 Å². The van der Waals surface area contributed by atoms with Gasteiger partial charge in [0.05, 0.1) is 0 Å². The lowest BCUT2D eigenvalue weighted by Gasteiger charge is -2.39. The normalized spacial score (nSPS) is 47.2. The summed E-state index contributed by atoms with van der Waals surface area (Å²) in [5.74, 6) is 2.51. The van der Waals surface area contributed by atoms with Gasteiger partial charge in [0.25, 0.3) is 0 Å². The lowest BCUT2D eigenvalue weighted by molar-refractivity contribution is 0.0476. The Morgan fingerprint density at radius 1 is 1.35 bits per heavy atom. The summed E-state index contributed by atoms with van der Waals surface area (Å²) in [6, 6.07) is 0. The van der Waals surface area contributed by atoms with Gasteiger partial charge in [-0.2, -0.15) is 0 Å². The van der Waals surface area contributed by atoms with Crippen molar-refractivity contribution in [3.63, 3.8) is 0 Å². The second-order valence-electron chi connectivity index (χ2n) is 7.25. The molecule has 0 aliphatic heterocycles. The molecule has 0 unspecified atom stereocenters. The molecule has 2 bridgehead atoms. The first-order chi connectivity index (χ1) is 8.02. The van der Waals surface area contributed by atoms with Crippen LogP contribution in [-0.4, -0.2) is 13.7 Å². The number of ether oxygens (including phenoxy) is 1. The Hall–Kier alpha value is -0.300. The molecule has 4 atom stereocenters. The van der Waals surface area contributed by atoms with Gasteiger partial charge in [-0.1, -0.05) is 26.0 Å². The molecule has 96 valence electrons. The first-order valence-corrected chi connectivity index (χ1v) is 7.19. The number of rotatable bonds is 2. The molecule has 1 nitrogen and oxygen atoms in total. The predicted octanol–water partition coefficient (Wildman–Crippen LogP) is 4.04. The van der Waals surface area contributed by atoms with Crippen LogP contribution >= 0.6 is 0 Å². The number of allylic oxidation sites excluding steroid dienone is 1. The summed E-state index contributed by atoms with van der Waals surface area (Å²) in [4.78, 5) is 0. The van der Waals surface area contributed by atoms with E-state index in [2.05, 4.69) is 20.4 Å². The van der Waals surface area contributed by atoms with Crippen LogP contribution in [0, 0.1) is 28.6 Å². The van der Waals surface area contributed by atoms with Crippen LogP contribution in [0.5, 0.6) is 0 Å². The summed E-state index contributed by atoms with van der Waals surface area (Å²) in [6.45, 7) is 10.3. The zero-order valence-electron chi connectivity index (χ0n) is 11.6. The van der Waals surface area contributed by atoms with Crippen molar-refractivity contribution in [2.24, 2.45) is 28.6 Å². The zero-order valence-corrected chi connectivity index (χ0v) is 11.6. The van der Waals surface area contributed by atoms with E-state index in [0.29, 0.717) is 10.8 Å². The molecule has 0 N–H and O–H groups in total. The quantitative estimate of drug-likeness (QED) is 0.655. The third kappa shape index (κ3) is 1.35. The maximum absolute atomic E-state index is 5.49. The monoisotopic (exact) mass is 234 g/mol. The van der Waals surface area contributed by atoms with E-state index in [-0.39, 0.29) is 0 Å². The lowest BCUT2D eigenvalue weighted by atomic mass is 9.66. The summed E-state index contributed by atoms with van der Waals surface area (Å²) in [6.07, 6.45) is 6.86. The van der Waals surface area contributed by atoms with Crippen molar-refractivity contribution in [2.45, 2.75) is 46.0 Å². The highest BCUT2D eigenvalue weighted by molar-refractivity contribution is 5.23. The van der Waals surface area contributed by atoms with Crippen LogP contribution in [0.25, 0.3) is 0 Å². The van der Waals surface area contributed by atoms with Crippen LogP contribution in [0.1, 0.15) is 46.0 Å². The topological polar surface area (TPSA) is 9.23 Å². The molecule has 0 saturated heterocycles. The van der Waals surface area contributed by atoms with Gasteiger partial charge in [-0.3, -0.25) is 0 Å². The molecule has 3 aliphatic carbocycles. The van der Waals surface area contributed by atoms with Gasteiger partial charge in [0.1, 0.15) is 0 Å². The van der Waals surface area contributed by atoms with Gasteiger partial charge in [0.15, 0.2) is 0 Å². The van der Waals surface area contributed by atoms with E-state index >= 15 is 0 Å². The minimum atomic E-state index is 0.482. The Kier molecular flexibility index (Phi) is 2.49. The van der Waals surface area contributed by atoms with Crippen molar-refractivity contribution < 1.29 is 4.74 Å². The third-order valence-corrected chi connectivity index (χ3v) is 6.46. The van der Waals surface area contributed by atoms with E-state index in [1.807, 2.05) is 7.11 Å². The van der Waals surface area contributed by atoms with Crippen molar-refractivity contribution in [3.8, 4) is 0 Å². The van der Waals surface area contributed by atoms with Crippen LogP contribution in [0.4, 0.5) is 0 Å². The first kappa shape index (κ1) is 11.8. The Morgan fingerprint density at radius 2 is 2.12 bits per heavy atom. The smallest absolute Gasteiger partial charge is 0.0495 e. The highest BCUT2D eigenvalue weighted by atomic mass is 16.5. The van der Waals surface area contributed by atoms with Crippen molar-refractivity contribution in [1.82, 2.24) is 0 Å². The SMILES string of the molecule is C=C1CC[C@@]23C[C@@H]1C(C)(C)[C@H]2CC[C@@H]3COC. The fourth-order valence-electron chi connectivity index (χ4n) is 5.70. The molecule has 0 aromatic carbocycles. The van der Waals surface area contributed by atoms with Gasteiger partial charge in [-0.15, -0.1) is 0 Å². The van der Waals surface area contributed by atoms with Crippen molar-refractivity contribution in [3.05, 3.63) is 12.2 Å². The van der Waals surface area contributed by atoms with Crippen molar-refractivity contribution in [2.75, 3.05) is 13.7 Å².